The summed E-state index contributed by atoms with van der Waals surface area (Å²) in [6.45, 7) is 3.00. The topological polar surface area (TPSA) is 41.6 Å². The second kappa shape index (κ2) is 5.03. The third kappa shape index (κ3) is 2.66. The van der Waals surface area contributed by atoms with Crippen LogP contribution in [0.5, 0.6) is 0 Å². The van der Waals surface area contributed by atoms with Crippen molar-refractivity contribution in [2.75, 3.05) is 0 Å². The zero-order valence-corrected chi connectivity index (χ0v) is 10.3. The SMILES string of the molecule is CCCn1cc(-c2cc(Cl)cc(C#N)c2)cn1. The third-order valence-electron chi connectivity index (χ3n) is 2.45. The molecular formula is C13H12ClN3. The maximum atomic E-state index is 8.89. The summed E-state index contributed by atoms with van der Waals surface area (Å²) in [7, 11) is 0. The fraction of sp³-hybridized carbons (Fsp3) is 0.231. The fourth-order valence-corrected chi connectivity index (χ4v) is 1.92. The van der Waals surface area contributed by atoms with Crippen LogP contribution in [0.4, 0.5) is 0 Å². The van der Waals surface area contributed by atoms with Gasteiger partial charge in [-0.2, -0.15) is 10.4 Å². The molecular weight excluding hydrogens is 234 g/mol. The maximum Gasteiger partial charge on any atom is 0.0992 e. The number of rotatable bonds is 3. The number of nitrogens with zero attached hydrogens (tertiary/aromatic N) is 3. The summed E-state index contributed by atoms with van der Waals surface area (Å²) in [5.74, 6) is 0. The molecule has 86 valence electrons. The van der Waals surface area contributed by atoms with E-state index in [0.717, 1.165) is 24.1 Å². The van der Waals surface area contributed by atoms with Gasteiger partial charge in [0.05, 0.1) is 17.8 Å². The smallest absolute Gasteiger partial charge is 0.0992 e. The van der Waals surface area contributed by atoms with Crippen molar-refractivity contribution in [3.05, 3.63) is 41.2 Å². The van der Waals surface area contributed by atoms with E-state index >= 15 is 0 Å². The van der Waals surface area contributed by atoms with E-state index < -0.39 is 0 Å². The molecule has 3 nitrogen and oxygen atoms in total. The van der Waals surface area contributed by atoms with Crippen LogP contribution in [-0.4, -0.2) is 9.78 Å². The van der Waals surface area contributed by atoms with Crippen LogP contribution in [0.2, 0.25) is 5.02 Å². The van der Waals surface area contributed by atoms with Gasteiger partial charge in [-0.3, -0.25) is 4.68 Å². The Bertz CT molecular complexity index is 566. The van der Waals surface area contributed by atoms with Gasteiger partial charge in [0.2, 0.25) is 0 Å². The second-order valence-electron chi connectivity index (χ2n) is 3.83. The molecule has 17 heavy (non-hydrogen) atoms. The largest absolute Gasteiger partial charge is 0.272 e. The third-order valence-corrected chi connectivity index (χ3v) is 2.66. The van der Waals surface area contributed by atoms with Gasteiger partial charge in [0.25, 0.3) is 0 Å². The standard InChI is InChI=1S/C13H12ClN3/c1-2-3-17-9-12(8-16-17)11-4-10(7-15)5-13(14)6-11/h4-6,8-9H,2-3H2,1H3. The maximum absolute atomic E-state index is 8.89. The summed E-state index contributed by atoms with van der Waals surface area (Å²) in [6, 6.07) is 7.41. The molecule has 0 bridgehead atoms. The average Bonchev–Trinajstić information content (AvgIpc) is 2.77. The van der Waals surface area contributed by atoms with Crippen LogP contribution >= 0.6 is 11.6 Å². The van der Waals surface area contributed by atoms with E-state index in [4.69, 9.17) is 16.9 Å². The highest BCUT2D eigenvalue weighted by Crippen LogP contribution is 2.24. The molecule has 0 amide bonds. The van der Waals surface area contributed by atoms with Crippen molar-refractivity contribution < 1.29 is 0 Å². The minimum atomic E-state index is 0.566. The monoisotopic (exact) mass is 245 g/mol. The Hall–Kier alpha value is -1.79. The predicted molar refractivity (Wildman–Crippen MR) is 67.7 cm³/mol. The summed E-state index contributed by atoms with van der Waals surface area (Å²) in [6.07, 6.45) is 4.80. The normalized spacial score (nSPS) is 10.2. The Morgan fingerprint density at radius 2 is 2.18 bits per heavy atom. The lowest BCUT2D eigenvalue weighted by molar-refractivity contribution is 0.603. The van der Waals surface area contributed by atoms with Crippen LogP contribution in [0.3, 0.4) is 0 Å². The first kappa shape index (κ1) is 11.7. The second-order valence-corrected chi connectivity index (χ2v) is 4.27. The van der Waals surface area contributed by atoms with Crippen molar-refractivity contribution >= 4 is 11.6 Å². The molecule has 0 saturated carbocycles. The molecule has 0 N–H and O–H groups in total. The number of benzene rings is 1. The summed E-state index contributed by atoms with van der Waals surface area (Å²) >= 11 is 5.97. The Morgan fingerprint density at radius 1 is 1.35 bits per heavy atom. The van der Waals surface area contributed by atoms with E-state index in [9.17, 15) is 0 Å². The summed E-state index contributed by atoms with van der Waals surface area (Å²) in [5.41, 5.74) is 2.48. The number of hydrogen-bond donors (Lipinski definition) is 0. The van der Waals surface area contributed by atoms with E-state index in [2.05, 4.69) is 18.1 Å². The molecule has 0 aliphatic rings. The van der Waals surface area contributed by atoms with Crippen molar-refractivity contribution in [2.24, 2.45) is 0 Å². The highest BCUT2D eigenvalue weighted by molar-refractivity contribution is 6.31. The zero-order chi connectivity index (χ0) is 12.3. The minimum Gasteiger partial charge on any atom is -0.272 e. The number of hydrogen-bond acceptors (Lipinski definition) is 2. The molecule has 0 atom stereocenters. The van der Waals surface area contributed by atoms with Crippen LogP contribution < -0.4 is 0 Å². The summed E-state index contributed by atoms with van der Waals surface area (Å²) in [5, 5.41) is 13.7. The molecule has 0 spiro atoms. The first-order valence-electron chi connectivity index (χ1n) is 5.46. The van der Waals surface area contributed by atoms with E-state index in [-0.39, 0.29) is 0 Å². The van der Waals surface area contributed by atoms with Crippen LogP contribution in [-0.2, 0) is 6.54 Å². The van der Waals surface area contributed by atoms with Crippen LogP contribution in [0.25, 0.3) is 11.1 Å². The van der Waals surface area contributed by atoms with Gasteiger partial charge in [-0.25, -0.2) is 0 Å². The molecule has 0 aliphatic heterocycles. The number of aromatic nitrogens is 2. The van der Waals surface area contributed by atoms with Gasteiger partial charge in [-0.05, 0) is 30.2 Å². The van der Waals surface area contributed by atoms with Gasteiger partial charge in [0.1, 0.15) is 0 Å². The molecule has 0 unspecified atom stereocenters. The van der Waals surface area contributed by atoms with Crippen molar-refractivity contribution in [2.45, 2.75) is 19.9 Å². The summed E-state index contributed by atoms with van der Waals surface area (Å²) in [4.78, 5) is 0. The Labute approximate surface area is 105 Å². The number of halogens is 1. The first-order valence-corrected chi connectivity index (χ1v) is 5.84. The number of nitriles is 1. The van der Waals surface area contributed by atoms with Crippen molar-refractivity contribution in [3.63, 3.8) is 0 Å². The van der Waals surface area contributed by atoms with Crippen LogP contribution in [0, 0.1) is 11.3 Å². The molecule has 0 aliphatic carbocycles. The number of aryl methyl sites for hydroxylation is 1. The van der Waals surface area contributed by atoms with Crippen molar-refractivity contribution in [3.8, 4) is 17.2 Å². The van der Waals surface area contributed by atoms with Crippen molar-refractivity contribution in [1.82, 2.24) is 9.78 Å². The van der Waals surface area contributed by atoms with Gasteiger partial charge >= 0.3 is 0 Å². The predicted octanol–water partition coefficient (Wildman–Crippen LogP) is 3.49. The van der Waals surface area contributed by atoms with Gasteiger partial charge in [-0.1, -0.05) is 18.5 Å². The molecule has 2 aromatic rings. The highest BCUT2D eigenvalue weighted by atomic mass is 35.5. The first-order chi connectivity index (χ1) is 8.22. The van der Waals surface area contributed by atoms with Crippen LogP contribution in [0.15, 0.2) is 30.6 Å². The quantitative estimate of drug-likeness (QED) is 0.831. The Morgan fingerprint density at radius 3 is 2.88 bits per heavy atom. The molecule has 0 fully saturated rings. The zero-order valence-electron chi connectivity index (χ0n) is 9.52. The van der Waals surface area contributed by atoms with Gasteiger partial charge in [0.15, 0.2) is 0 Å². The fourth-order valence-electron chi connectivity index (χ4n) is 1.68. The van der Waals surface area contributed by atoms with E-state index in [1.165, 1.54) is 0 Å². The lowest BCUT2D eigenvalue weighted by atomic mass is 10.1. The molecule has 0 radical (unpaired) electrons. The van der Waals surface area contributed by atoms with Gasteiger partial charge in [-0.15, -0.1) is 0 Å². The molecule has 1 heterocycles. The average molecular weight is 246 g/mol. The van der Waals surface area contributed by atoms with E-state index in [1.807, 2.05) is 23.0 Å². The molecule has 1 aromatic carbocycles. The van der Waals surface area contributed by atoms with E-state index in [0.29, 0.717) is 10.6 Å². The minimum absolute atomic E-state index is 0.566. The lowest BCUT2D eigenvalue weighted by Crippen LogP contribution is -1.95. The van der Waals surface area contributed by atoms with E-state index in [1.54, 1.807) is 12.3 Å². The molecule has 4 heteroatoms. The lowest BCUT2D eigenvalue weighted by Gasteiger charge is -2.00. The Kier molecular flexibility index (Phi) is 3.46. The van der Waals surface area contributed by atoms with Gasteiger partial charge in [0, 0.05) is 23.3 Å². The Balaban J connectivity index is 2.38. The highest BCUT2D eigenvalue weighted by Gasteiger charge is 2.04. The molecule has 2 rings (SSSR count). The van der Waals surface area contributed by atoms with Crippen molar-refractivity contribution in [1.29, 1.82) is 5.26 Å². The van der Waals surface area contributed by atoms with Crippen LogP contribution in [0.1, 0.15) is 18.9 Å². The van der Waals surface area contributed by atoms with Gasteiger partial charge < -0.3 is 0 Å². The molecule has 0 saturated heterocycles. The summed E-state index contributed by atoms with van der Waals surface area (Å²) < 4.78 is 1.89. The molecule has 1 aromatic heterocycles.